The van der Waals surface area contributed by atoms with E-state index in [1.165, 1.54) is 30.4 Å². The van der Waals surface area contributed by atoms with Crippen molar-refractivity contribution < 1.29 is 5.11 Å². The Bertz CT molecular complexity index is 527. The van der Waals surface area contributed by atoms with Crippen LogP contribution < -0.4 is 0 Å². The van der Waals surface area contributed by atoms with E-state index < -0.39 is 0 Å². The van der Waals surface area contributed by atoms with Gasteiger partial charge in [0.2, 0.25) is 0 Å². The number of phenols is 1. The largest absolute Gasteiger partial charge is 0.507 e. The predicted molar refractivity (Wildman–Crippen MR) is 79.9 cm³/mol. The van der Waals surface area contributed by atoms with Crippen molar-refractivity contribution in [1.29, 1.82) is 0 Å². The van der Waals surface area contributed by atoms with Gasteiger partial charge in [0, 0.05) is 0 Å². The van der Waals surface area contributed by atoms with E-state index in [9.17, 15) is 5.11 Å². The second-order valence-corrected chi connectivity index (χ2v) is 7.48. The molecule has 2 aliphatic rings. The zero-order chi connectivity index (χ0) is 13.9. The molecule has 104 valence electrons. The number of hydrogen-bond donors (Lipinski definition) is 1. The van der Waals surface area contributed by atoms with E-state index in [0.717, 1.165) is 23.0 Å². The lowest BCUT2D eigenvalue weighted by molar-refractivity contribution is 0.195. The van der Waals surface area contributed by atoms with Gasteiger partial charge in [-0.25, -0.2) is 0 Å². The van der Waals surface area contributed by atoms with Crippen molar-refractivity contribution in [2.24, 2.45) is 11.8 Å². The molecular weight excluding hydrogens is 232 g/mol. The first kappa shape index (κ1) is 13.0. The molecule has 0 spiro atoms. The van der Waals surface area contributed by atoms with Gasteiger partial charge in [0.05, 0.1) is 0 Å². The van der Waals surface area contributed by atoms with Gasteiger partial charge in [0.25, 0.3) is 0 Å². The lowest BCUT2D eigenvalue weighted by atomic mass is 9.67. The van der Waals surface area contributed by atoms with Crippen LogP contribution in [0.1, 0.15) is 68.2 Å². The molecule has 1 fully saturated rings. The van der Waals surface area contributed by atoms with Crippen LogP contribution in [0.4, 0.5) is 0 Å². The number of aryl methyl sites for hydroxylation is 1. The van der Waals surface area contributed by atoms with Crippen molar-refractivity contribution in [3.63, 3.8) is 0 Å². The lowest BCUT2D eigenvalue weighted by Gasteiger charge is -2.37. The number of fused-ring (bicyclic) bond motifs is 3. The van der Waals surface area contributed by atoms with E-state index in [0.29, 0.717) is 11.7 Å². The molecule has 1 heteroatoms. The summed E-state index contributed by atoms with van der Waals surface area (Å²) in [6.07, 6.45) is 4.03. The Balaban J connectivity index is 2.21. The van der Waals surface area contributed by atoms with Crippen LogP contribution in [0.15, 0.2) is 6.07 Å². The number of hydrogen-bond acceptors (Lipinski definition) is 1. The van der Waals surface area contributed by atoms with E-state index in [1.807, 2.05) is 6.92 Å². The molecule has 1 aromatic rings. The van der Waals surface area contributed by atoms with Crippen LogP contribution >= 0.6 is 0 Å². The fourth-order valence-corrected chi connectivity index (χ4v) is 4.93. The summed E-state index contributed by atoms with van der Waals surface area (Å²) in [4.78, 5) is 0. The highest BCUT2D eigenvalue weighted by Crippen LogP contribution is 2.59. The zero-order valence-corrected chi connectivity index (χ0v) is 12.9. The Kier molecular flexibility index (Phi) is 2.75. The van der Waals surface area contributed by atoms with Crippen molar-refractivity contribution in [2.45, 2.75) is 65.2 Å². The molecule has 1 saturated carbocycles. The molecule has 1 aromatic carbocycles. The van der Waals surface area contributed by atoms with Gasteiger partial charge in [-0.15, -0.1) is 0 Å². The lowest BCUT2D eigenvalue weighted by Crippen LogP contribution is -2.30. The molecular formula is C18H26O. The van der Waals surface area contributed by atoms with E-state index in [4.69, 9.17) is 0 Å². The Morgan fingerprint density at radius 2 is 1.89 bits per heavy atom. The maximum atomic E-state index is 10.3. The van der Waals surface area contributed by atoms with E-state index in [2.05, 4.69) is 33.8 Å². The minimum atomic E-state index is 0.218. The minimum Gasteiger partial charge on any atom is -0.507 e. The van der Waals surface area contributed by atoms with Gasteiger partial charge in [-0.3, -0.25) is 0 Å². The van der Waals surface area contributed by atoms with Crippen LogP contribution in [0.5, 0.6) is 5.75 Å². The fourth-order valence-electron chi connectivity index (χ4n) is 4.93. The molecule has 19 heavy (non-hydrogen) atoms. The Hall–Kier alpha value is -0.980. The molecule has 0 saturated heterocycles. The van der Waals surface area contributed by atoms with Crippen LogP contribution in [0, 0.1) is 25.7 Å². The molecule has 0 radical (unpaired) electrons. The quantitative estimate of drug-likeness (QED) is 0.707. The van der Waals surface area contributed by atoms with Gasteiger partial charge in [0.1, 0.15) is 5.75 Å². The average Bonchev–Trinajstić information content (AvgIpc) is 2.55. The fraction of sp³-hybridized carbons (Fsp3) is 0.667. The van der Waals surface area contributed by atoms with Crippen molar-refractivity contribution in [2.75, 3.05) is 0 Å². The third kappa shape index (κ3) is 1.67. The summed E-state index contributed by atoms with van der Waals surface area (Å²) in [6.45, 7) is 11.3. The molecule has 1 nitrogen and oxygen atoms in total. The average molecular weight is 258 g/mol. The van der Waals surface area contributed by atoms with Crippen LogP contribution in [0.2, 0.25) is 0 Å². The van der Waals surface area contributed by atoms with Crippen molar-refractivity contribution >= 4 is 0 Å². The third-order valence-electron chi connectivity index (χ3n) is 5.85. The summed E-state index contributed by atoms with van der Waals surface area (Å²) in [5.41, 5.74) is 5.37. The number of aromatic hydroxyl groups is 1. The Labute approximate surface area is 117 Å². The molecule has 0 heterocycles. The first-order valence-corrected chi connectivity index (χ1v) is 7.67. The monoisotopic (exact) mass is 258 g/mol. The van der Waals surface area contributed by atoms with Gasteiger partial charge in [-0.05, 0) is 72.1 Å². The summed E-state index contributed by atoms with van der Waals surface area (Å²) < 4.78 is 0. The van der Waals surface area contributed by atoms with Gasteiger partial charge >= 0.3 is 0 Å². The van der Waals surface area contributed by atoms with Crippen molar-refractivity contribution in [3.8, 4) is 5.75 Å². The molecule has 0 unspecified atom stereocenters. The molecule has 2 aliphatic carbocycles. The summed E-state index contributed by atoms with van der Waals surface area (Å²) in [7, 11) is 0. The highest BCUT2D eigenvalue weighted by Gasteiger charge is 2.49. The van der Waals surface area contributed by atoms with Gasteiger partial charge in [-0.1, -0.05) is 33.3 Å². The van der Waals surface area contributed by atoms with E-state index in [1.54, 1.807) is 0 Å². The topological polar surface area (TPSA) is 20.2 Å². The first-order chi connectivity index (χ1) is 8.84. The summed E-state index contributed by atoms with van der Waals surface area (Å²) >= 11 is 0. The third-order valence-corrected chi connectivity index (χ3v) is 5.85. The SMILES string of the molecule is Cc1cc2c(c(C)c1O)C(C)(C)[C@H]1CC[C@H](C)C[C@H]21. The number of phenolic OH excluding ortho intramolecular Hbond substituents is 1. The van der Waals surface area contributed by atoms with E-state index >= 15 is 0 Å². The van der Waals surface area contributed by atoms with Gasteiger partial charge in [-0.2, -0.15) is 0 Å². The number of rotatable bonds is 0. The van der Waals surface area contributed by atoms with Gasteiger partial charge < -0.3 is 5.11 Å². The van der Waals surface area contributed by atoms with Crippen LogP contribution in [-0.2, 0) is 5.41 Å². The molecule has 0 amide bonds. The second kappa shape index (κ2) is 4.01. The first-order valence-electron chi connectivity index (χ1n) is 7.67. The van der Waals surface area contributed by atoms with Crippen LogP contribution in [0.3, 0.4) is 0 Å². The molecule has 3 atom stereocenters. The highest BCUT2D eigenvalue weighted by molar-refractivity contribution is 5.56. The Morgan fingerprint density at radius 3 is 2.58 bits per heavy atom. The van der Waals surface area contributed by atoms with E-state index in [-0.39, 0.29) is 5.41 Å². The second-order valence-electron chi connectivity index (χ2n) is 7.48. The maximum absolute atomic E-state index is 10.3. The summed E-state index contributed by atoms with van der Waals surface area (Å²) in [6, 6.07) is 2.27. The van der Waals surface area contributed by atoms with Crippen LogP contribution in [-0.4, -0.2) is 5.11 Å². The standard InChI is InChI=1S/C18H26O/c1-10-6-7-15-13(8-10)14-9-11(2)17(19)12(3)16(14)18(15,4)5/h9-10,13,15,19H,6-8H2,1-5H3/t10-,13+,15-/m0/s1. The van der Waals surface area contributed by atoms with Crippen molar-refractivity contribution in [3.05, 3.63) is 28.3 Å². The number of benzene rings is 1. The molecule has 0 bridgehead atoms. The predicted octanol–water partition coefficient (Wildman–Crippen LogP) is 4.82. The molecule has 1 N–H and O–H groups in total. The normalized spacial score (nSPS) is 31.9. The summed E-state index contributed by atoms with van der Waals surface area (Å²) in [5, 5.41) is 10.3. The summed E-state index contributed by atoms with van der Waals surface area (Å²) in [5.74, 6) is 2.83. The molecule has 0 aliphatic heterocycles. The minimum absolute atomic E-state index is 0.218. The van der Waals surface area contributed by atoms with Gasteiger partial charge in [0.15, 0.2) is 0 Å². The maximum Gasteiger partial charge on any atom is 0.121 e. The zero-order valence-electron chi connectivity index (χ0n) is 12.9. The Morgan fingerprint density at radius 1 is 1.21 bits per heavy atom. The molecule has 3 rings (SSSR count). The molecule has 0 aromatic heterocycles. The van der Waals surface area contributed by atoms with Crippen molar-refractivity contribution in [1.82, 2.24) is 0 Å². The van der Waals surface area contributed by atoms with Crippen LogP contribution in [0.25, 0.3) is 0 Å². The highest BCUT2D eigenvalue weighted by atomic mass is 16.3. The smallest absolute Gasteiger partial charge is 0.121 e.